The lowest BCUT2D eigenvalue weighted by atomic mass is 9.37. The summed E-state index contributed by atoms with van der Waals surface area (Å²) in [6, 6.07) is 53.7. The van der Waals surface area contributed by atoms with Crippen LogP contribution in [0.3, 0.4) is 0 Å². The van der Waals surface area contributed by atoms with Crippen LogP contribution < -0.4 is 29.6 Å². The lowest BCUT2D eigenvalue weighted by Gasteiger charge is -2.50. The van der Waals surface area contributed by atoms with Gasteiger partial charge in [-0.25, -0.2) is 0 Å². The molecule has 0 radical (unpaired) electrons. The molecule has 5 nitrogen and oxygen atoms in total. The summed E-state index contributed by atoms with van der Waals surface area (Å²) >= 11 is 0. The van der Waals surface area contributed by atoms with Crippen molar-refractivity contribution in [1.82, 2.24) is 0 Å². The summed E-state index contributed by atoms with van der Waals surface area (Å²) < 4.78 is 14.8. The first kappa shape index (κ1) is 34.6. The van der Waals surface area contributed by atoms with Crippen LogP contribution >= 0.6 is 0 Å². The van der Waals surface area contributed by atoms with Crippen LogP contribution in [0.5, 0.6) is 11.5 Å². The Morgan fingerprint density at radius 2 is 0.782 bits per heavy atom. The number of nitrogens with zero attached hydrogens (tertiary/aromatic N) is 3. The highest BCUT2D eigenvalue weighted by atomic mass is 16.5. The topological polar surface area (TPSA) is 28.2 Å². The molecule has 0 saturated heterocycles. The normalized spacial score (nSPS) is 14.9. The Morgan fingerprint density at radius 3 is 1.16 bits per heavy atom. The minimum atomic E-state index is -0.389. The monoisotopic (exact) mass is 719 g/mol. The predicted molar refractivity (Wildman–Crippen MR) is 228 cm³/mol. The zero-order chi connectivity index (χ0) is 37.8. The number of anilines is 5. The molecule has 6 heteroatoms. The van der Waals surface area contributed by atoms with E-state index in [1.807, 2.05) is 0 Å². The largest absolute Gasteiger partial charge is 0.465 e. The van der Waals surface area contributed by atoms with Gasteiger partial charge in [0, 0.05) is 17.1 Å². The number of ether oxygens (including phenoxy) is 2. The maximum atomic E-state index is 7.40. The molecular formula is C49H46BN3O2. The Kier molecular flexibility index (Phi) is 8.77. The summed E-state index contributed by atoms with van der Waals surface area (Å²) in [7, 11) is 0. The lowest BCUT2D eigenvalue weighted by Crippen LogP contribution is -2.56. The molecule has 0 bridgehead atoms. The quantitative estimate of drug-likeness (QED) is 0.153. The van der Waals surface area contributed by atoms with Gasteiger partial charge < -0.3 is 9.47 Å². The Hall–Kier alpha value is -6.14. The SMILES string of the molecule is CC(C)c1cc(C(C)C)c(B2C3=C(N(c4ccccc4)C4=C2Oc2ccccc2N4c2ccccc2)N(c2ccccc2)c2ccccc2O3)c(C(C)C)c1. The smallest absolute Gasteiger partial charge is 0.342 e. The van der Waals surface area contributed by atoms with Crippen LogP contribution in [0, 0.1) is 0 Å². The Labute approximate surface area is 325 Å². The van der Waals surface area contributed by atoms with Gasteiger partial charge in [0.1, 0.15) is 22.8 Å². The summed E-state index contributed by atoms with van der Waals surface area (Å²) in [4.78, 5) is 7.13. The van der Waals surface area contributed by atoms with E-state index in [9.17, 15) is 0 Å². The molecule has 9 rings (SSSR count). The number of rotatable bonds is 7. The maximum Gasteiger partial charge on any atom is 0.342 e. The second-order valence-electron chi connectivity index (χ2n) is 15.5. The highest BCUT2D eigenvalue weighted by Gasteiger charge is 2.52. The van der Waals surface area contributed by atoms with Gasteiger partial charge in [-0.05, 0) is 95.1 Å². The van der Waals surface area contributed by atoms with Crippen molar-refractivity contribution in [2.24, 2.45) is 0 Å². The van der Waals surface area contributed by atoms with E-state index in [-0.39, 0.29) is 18.5 Å². The van der Waals surface area contributed by atoms with Gasteiger partial charge in [-0.3, -0.25) is 14.7 Å². The molecule has 0 amide bonds. The van der Waals surface area contributed by atoms with E-state index in [4.69, 9.17) is 9.47 Å². The molecule has 6 aromatic carbocycles. The average molecular weight is 720 g/mol. The maximum absolute atomic E-state index is 7.40. The van der Waals surface area contributed by atoms with Gasteiger partial charge in [0.2, 0.25) is 0 Å². The van der Waals surface area contributed by atoms with Crippen LogP contribution in [-0.2, 0) is 0 Å². The van der Waals surface area contributed by atoms with Crippen molar-refractivity contribution >= 4 is 40.6 Å². The number of para-hydroxylation sites is 7. The standard InChI is InChI=1S/C49H46BN3O2/c1-32(2)35-30-39(33(3)4)45(40(31-35)34(5)6)50-46-48(51(36-20-10-7-11-21-36)41-26-16-18-28-43(41)54-46)53(38-24-14-9-15-25-38)49-47(50)55-44-29-19-17-27-42(44)52(49)37-22-12-8-13-23-37/h7-34H,1-6H3. The summed E-state index contributed by atoms with van der Waals surface area (Å²) in [6.45, 7) is 13.5. The van der Waals surface area contributed by atoms with Crippen molar-refractivity contribution in [1.29, 1.82) is 0 Å². The van der Waals surface area contributed by atoms with E-state index in [0.29, 0.717) is 5.92 Å². The van der Waals surface area contributed by atoms with Crippen molar-refractivity contribution in [3.8, 4) is 11.5 Å². The highest BCUT2D eigenvalue weighted by Crippen LogP contribution is 2.53. The van der Waals surface area contributed by atoms with Gasteiger partial charge in [-0.2, -0.15) is 0 Å². The molecule has 3 heterocycles. The fourth-order valence-corrected chi connectivity index (χ4v) is 8.35. The van der Waals surface area contributed by atoms with E-state index < -0.39 is 0 Å². The van der Waals surface area contributed by atoms with Crippen LogP contribution in [0.15, 0.2) is 175 Å². The van der Waals surface area contributed by atoms with E-state index in [1.54, 1.807) is 0 Å². The third-order valence-corrected chi connectivity index (χ3v) is 11.0. The van der Waals surface area contributed by atoms with Crippen LogP contribution in [0.2, 0.25) is 0 Å². The van der Waals surface area contributed by atoms with E-state index >= 15 is 0 Å². The first-order valence-corrected chi connectivity index (χ1v) is 19.6. The van der Waals surface area contributed by atoms with Gasteiger partial charge in [-0.15, -0.1) is 0 Å². The number of fused-ring (bicyclic) bond motifs is 2. The molecule has 55 heavy (non-hydrogen) atoms. The Balaban J connectivity index is 1.47. The van der Waals surface area contributed by atoms with Gasteiger partial charge >= 0.3 is 6.71 Å². The van der Waals surface area contributed by atoms with E-state index in [2.05, 4.69) is 208 Å². The minimum Gasteiger partial charge on any atom is -0.465 e. The molecular weight excluding hydrogens is 673 g/mol. The van der Waals surface area contributed by atoms with Gasteiger partial charge in [0.15, 0.2) is 11.6 Å². The van der Waals surface area contributed by atoms with Crippen molar-refractivity contribution in [3.05, 3.63) is 191 Å². The zero-order valence-corrected chi connectivity index (χ0v) is 32.4. The van der Waals surface area contributed by atoms with Gasteiger partial charge in [-0.1, -0.05) is 138 Å². The molecule has 0 aromatic heterocycles. The molecule has 0 saturated carbocycles. The van der Waals surface area contributed by atoms with Crippen LogP contribution in [-0.4, -0.2) is 6.71 Å². The van der Waals surface area contributed by atoms with Crippen molar-refractivity contribution in [2.45, 2.75) is 59.3 Å². The number of benzene rings is 6. The molecule has 0 unspecified atom stereocenters. The molecule has 0 N–H and O–H groups in total. The average Bonchev–Trinajstić information content (AvgIpc) is 3.21. The molecule has 3 aliphatic rings. The van der Waals surface area contributed by atoms with Crippen molar-refractivity contribution in [3.63, 3.8) is 0 Å². The Morgan fingerprint density at radius 1 is 0.418 bits per heavy atom. The van der Waals surface area contributed by atoms with Gasteiger partial charge in [0.25, 0.3) is 0 Å². The molecule has 3 aliphatic heterocycles. The number of hydrogen-bond donors (Lipinski definition) is 0. The molecule has 6 aromatic rings. The zero-order valence-electron chi connectivity index (χ0n) is 32.4. The first-order valence-electron chi connectivity index (χ1n) is 19.6. The summed E-state index contributed by atoms with van der Waals surface area (Å²) in [6.07, 6.45) is 0. The fraction of sp³-hybridized carbons (Fsp3) is 0.184. The molecule has 0 fully saturated rings. The van der Waals surface area contributed by atoms with Crippen molar-refractivity contribution < 1.29 is 9.47 Å². The van der Waals surface area contributed by atoms with Crippen LogP contribution in [0.4, 0.5) is 28.4 Å². The minimum absolute atomic E-state index is 0.244. The molecule has 0 aliphatic carbocycles. The third kappa shape index (κ3) is 5.79. The van der Waals surface area contributed by atoms with Crippen molar-refractivity contribution in [2.75, 3.05) is 14.7 Å². The second-order valence-corrected chi connectivity index (χ2v) is 15.5. The molecule has 0 atom stereocenters. The lowest BCUT2D eigenvalue weighted by molar-refractivity contribution is 0.409. The summed E-state index contributed by atoms with van der Waals surface area (Å²) in [5, 5.41) is 0. The number of hydrogen-bond acceptors (Lipinski definition) is 5. The Bertz CT molecular complexity index is 2300. The predicted octanol–water partition coefficient (Wildman–Crippen LogP) is 12.2. The molecule has 272 valence electrons. The first-order chi connectivity index (χ1) is 26.8. The fourth-order valence-electron chi connectivity index (χ4n) is 8.35. The van der Waals surface area contributed by atoms with Crippen LogP contribution in [0.25, 0.3) is 0 Å². The third-order valence-electron chi connectivity index (χ3n) is 11.0. The second kappa shape index (κ2) is 13.9. The van der Waals surface area contributed by atoms with Crippen LogP contribution in [0.1, 0.15) is 76.0 Å². The summed E-state index contributed by atoms with van der Waals surface area (Å²) in [5.41, 5.74) is 11.9. The van der Waals surface area contributed by atoms with Gasteiger partial charge in [0.05, 0.1) is 11.4 Å². The molecule has 0 spiro atoms. The summed E-state index contributed by atoms with van der Waals surface area (Å²) in [5.74, 6) is 4.34. The van der Waals surface area contributed by atoms with E-state index in [1.165, 1.54) is 22.2 Å². The highest BCUT2D eigenvalue weighted by molar-refractivity contribution is 6.86. The van der Waals surface area contributed by atoms with E-state index in [0.717, 1.165) is 62.9 Å².